The van der Waals surface area contributed by atoms with Crippen molar-refractivity contribution in [1.29, 1.82) is 0 Å². The molecule has 0 aromatic rings. The molecule has 0 bridgehead atoms. The fourth-order valence-corrected chi connectivity index (χ4v) is 0. The summed E-state index contributed by atoms with van der Waals surface area (Å²) in [6, 6.07) is 0. The molecule has 7 heavy (non-hydrogen) atoms. The van der Waals surface area contributed by atoms with Crippen LogP contribution in [0.1, 0.15) is 5.71 Å². The third-order valence-corrected chi connectivity index (χ3v) is 0. The van der Waals surface area contributed by atoms with Gasteiger partial charge in [0.2, 0.25) is 0 Å². The summed E-state index contributed by atoms with van der Waals surface area (Å²) in [6.07, 6.45) is 0. The number of hydrogen-bond acceptors (Lipinski definition) is 2. The van der Waals surface area contributed by atoms with Crippen molar-refractivity contribution in [3.63, 3.8) is 0 Å². The summed E-state index contributed by atoms with van der Waals surface area (Å²) in [6.45, 7) is 0. The largest absolute Gasteiger partial charge is 2.00 e. The average Bonchev–Trinajstić information content (AvgIpc) is 0.811. The smallest absolute Gasteiger partial charge is 1.00 e. The first-order chi connectivity index (χ1) is 1.73. The van der Waals surface area contributed by atoms with E-state index < -0.39 is 5.09 Å². The van der Waals surface area contributed by atoms with Crippen molar-refractivity contribution in [2.45, 2.75) is 0 Å². The summed E-state index contributed by atoms with van der Waals surface area (Å²) < 4.78 is 0. The van der Waals surface area contributed by atoms with Crippen LogP contribution < -0.4 is 80.9 Å². The van der Waals surface area contributed by atoms with Gasteiger partial charge in [-0.15, -0.1) is 10.1 Å². The Kier molecular flexibility index (Phi) is 51.5. The number of hydrogen-bond donors (Lipinski definition) is 1. The molecule has 0 amide bonds. The van der Waals surface area contributed by atoms with Gasteiger partial charge >= 0.3 is 119 Å². The van der Waals surface area contributed by atoms with Gasteiger partial charge in [-0.1, -0.05) is 0 Å². The van der Waals surface area contributed by atoms with E-state index in [1.54, 1.807) is 0 Å². The first-order valence-electron chi connectivity index (χ1n) is 0.565. The molecule has 0 rings (SSSR count). The van der Waals surface area contributed by atoms with E-state index in [1.165, 1.54) is 0 Å². The molecule has 0 aliphatic heterocycles. The van der Waals surface area contributed by atoms with Crippen LogP contribution in [0.25, 0.3) is 0 Å². The summed E-state index contributed by atoms with van der Waals surface area (Å²) in [5, 5.41) is 13.6. The molecule has 0 atom stereocenters. The van der Waals surface area contributed by atoms with E-state index in [-0.39, 0.29) is 124 Å². The van der Waals surface area contributed by atoms with Crippen molar-refractivity contribution in [2.75, 3.05) is 0 Å². The maximum Gasteiger partial charge on any atom is 2.00 e. The molecule has 7 heteroatoms. The van der Waals surface area contributed by atoms with Crippen LogP contribution in [0.15, 0.2) is 0 Å². The van der Waals surface area contributed by atoms with Crippen molar-refractivity contribution in [3.8, 4) is 0 Å². The monoisotopic (exact) mass is 169 g/mol. The molecule has 0 radical (unpaired) electrons. The quantitative estimate of drug-likeness (QED) is 0.223. The van der Waals surface area contributed by atoms with Gasteiger partial charge in [0.1, 0.15) is 0 Å². The predicted molar refractivity (Wildman–Crippen MR) is 19.0 cm³/mol. The Morgan fingerprint density at radius 2 is 1.71 bits per heavy atom. The van der Waals surface area contributed by atoms with Gasteiger partial charge in [0, 0.05) is 0 Å². The molecule has 0 aromatic heterocycles. The van der Waals surface area contributed by atoms with E-state index in [2.05, 4.69) is 0 Å². The minimum absolute atomic E-state index is 0. The molecule has 4 nitrogen and oxygen atoms in total. The Hall–Kier alpha value is 3.10. The van der Waals surface area contributed by atoms with Crippen molar-refractivity contribution in [1.82, 2.24) is 0 Å². The molecule has 0 saturated carbocycles. The van der Waals surface area contributed by atoms with E-state index in [0.29, 0.717) is 0 Å². The Morgan fingerprint density at radius 3 is 1.71 bits per heavy atom. The Bertz CT molecular complexity index is 48.3. The van der Waals surface area contributed by atoms with Crippen LogP contribution in [0.4, 0.5) is 0 Å². The van der Waals surface area contributed by atoms with Gasteiger partial charge in [-0.3, -0.25) is 0 Å². The van der Waals surface area contributed by atoms with Crippen LogP contribution >= 0.6 is 0 Å². The minimum Gasteiger partial charge on any atom is -1.00 e. The van der Waals surface area contributed by atoms with Crippen molar-refractivity contribution in [2.24, 2.45) is 0 Å². The second-order valence-corrected chi connectivity index (χ2v) is 0.238. The van der Waals surface area contributed by atoms with Gasteiger partial charge in [-0.05, 0) is 0 Å². The van der Waals surface area contributed by atoms with Crippen LogP contribution in [0, 0.1) is 10.1 Å². The second-order valence-electron chi connectivity index (χ2n) is 0.238. The minimum atomic E-state index is -1.50. The topological polar surface area (TPSA) is 63.4 Å². The molecule has 32 valence electrons. The summed E-state index contributed by atoms with van der Waals surface area (Å²) in [4.78, 5) is 8.36. The average molecular weight is 169 g/mol. The fourth-order valence-electron chi connectivity index (χ4n) is 0. The molecule has 1 N–H and O–H groups in total. The maximum atomic E-state index is 8.36. The molecule has 0 unspecified atom stereocenters. The molecule has 0 heterocycles. The van der Waals surface area contributed by atoms with Crippen molar-refractivity contribution in [3.05, 3.63) is 10.1 Å². The van der Waals surface area contributed by atoms with Gasteiger partial charge in [-0.25, -0.2) is 0 Å². The molecule has 0 fully saturated rings. The number of rotatable bonds is 0. The zero-order chi connectivity index (χ0) is 3.58. The Morgan fingerprint density at radius 1 is 1.71 bits per heavy atom. The molecular weight excluding hydrogens is 164 g/mol. The van der Waals surface area contributed by atoms with Crippen molar-refractivity contribution < 1.29 is 96.9 Å². The first kappa shape index (κ1) is 22.5. The van der Waals surface area contributed by atoms with Crippen LogP contribution in [0.5, 0.6) is 0 Å². The third-order valence-electron chi connectivity index (χ3n) is 0. The normalized spacial score (nSPS) is 3.43. The summed E-state index contributed by atoms with van der Waals surface area (Å²) in [5.41, 5.74) is 0. The van der Waals surface area contributed by atoms with Gasteiger partial charge in [0.05, 0.1) is 0 Å². The third kappa shape index (κ3) is 47.8. The summed E-state index contributed by atoms with van der Waals surface area (Å²) >= 11 is 0. The van der Waals surface area contributed by atoms with Crippen molar-refractivity contribution >= 4 is 37.7 Å². The van der Waals surface area contributed by atoms with Crippen LogP contribution in [0.3, 0.4) is 0 Å². The SMILES string of the molecule is O=[N+]([O-])O.[Ca+2].[H-].[H-].[H-].[H-].[K+].[Na+]. The van der Waals surface area contributed by atoms with E-state index in [4.69, 9.17) is 15.3 Å². The van der Waals surface area contributed by atoms with Gasteiger partial charge < -0.3 is 10.9 Å². The molecule has 0 saturated heterocycles. The zero-order valence-corrected chi connectivity index (χ0v) is 11.7. The van der Waals surface area contributed by atoms with Crippen LogP contribution in [0.2, 0.25) is 0 Å². The number of nitrogens with zero attached hydrogens (tertiary/aromatic N) is 1. The molecule has 0 spiro atoms. The molecule has 0 aliphatic carbocycles. The van der Waals surface area contributed by atoms with Gasteiger partial charge in [0.15, 0.2) is 0 Å². The first-order valence-corrected chi connectivity index (χ1v) is 0.565. The second kappa shape index (κ2) is 16.0. The molecular formula is H5CaKNNaO3. The van der Waals surface area contributed by atoms with E-state index in [9.17, 15) is 0 Å². The molecule has 0 aliphatic rings. The van der Waals surface area contributed by atoms with E-state index >= 15 is 0 Å². The fraction of sp³-hybridized carbons (Fsp3) is 0. The van der Waals surface area contributed by atoms with Gasteiger partial charge in [-0.2, -0.15) is 0 Å². The Balaban J connectivity index is -0.00000000214. The summed E-state index contributed by atoms with van der Waals surface area (Å²) in [5.74, 6) is 0. The van der Waals surface area contributed by atoms with E-state index in [0.717, 1.165) is 0 Å². The van der Waals surface area contributed by atoms with Crippen LogP contribution in [-0.4, -0.2) is 48.0 Å². The zero-order valence-electron chi connectivity index (χ0n) is 8.42. The summed E-state index contributed by atoms with van der Waals surface area (Å²) in [7, 11) is 0. The standard InChI is InChI=1S/Ca.K.HNO3.Na.4H/c;;2-1(3)4;;;;;/h;;(H,2,3,4);;;;;/q+2;+1;;+1;4*-1. The Labute approximate surface area is 141 Å². The van der Waals surface area contributed by atoms with Crippen LogP contribution in [-0.2, 0) is 0 Å². The van der Waals surface area contributed by atoms with E-state index in [1.807, 2.05) is 0 Å². The predicted octanol–water partition coefficient (Wildman–Crippen LogP) is -6.27. The molecule has 0 aromatic carbocycles. The van der Waals surface area contributed by atoms with Gasteiger partial charge in [0.25, 0.3) is 5.09 Å². The maximum absolute atomic E-state index is 8.36.